The van der Waals surface area contributed by atoms with Crippen LogP contribution in [0, 0.1) is 0 Å². The third kappa shape index (κ3) is 4.73. The van der Waals surface area contributed by atoms with Crippen LogP contribution in [0.1, 0.15) is 6.92 Å². The molecule has 1 heterocycles. The number of ether oxygens (including phenoxy) is 1. The zero-order valence-corrected chi connectivity index (χ0v) is 10.3. The Bertz CT molecular complexity index is 438. The molecule has 0 atom stereocenters. The minimum absolute atomic E-state index is 0.123. The average molecular weight is 266 g/mol. The summed E-state index contributed by atoms with van der Waals surface area (Å²) in [4.78, 5) is 7.37. The topological polar surface area (TPSA) is 81.2 Å². The summed E-state index contributed by atoms with van der Waals surface area (Å²) in [5.74, 6) is 0.0270. The van der Waals surface area contributed by atoms with Crippen LogP contribution in [0.25, 0.3) is 0 Å². The SMILES string of the molecule is CCOCCS(=O)(=O)Nc1cc(Cl)ncn1. The van der Waals surface area contributed by atoms with Crippen molar-refractivity contribution in [2.45, 2.75) is 6.92 Å². The lowest BCUT2D eigenvalue weighted by molar-refractivity contribution is 0.163. The number of sulfonamides is 1. The highest BCUT2D eigenvalue weighted by molar-refractivity contribution is 7.92. The molecule has 0 aliphatic rings. The Morgan fingerprint density at radius 3 is 2.88 bits per heavy atom. The molecule has 1 aromatic rings. The van der Waals surface area contributed by atoms with E-state index in [4.69, 9.17) is 16.3 Å². The Hall–Kier alpha value is -0.920. The quantitative estimate of drug-likeness (QED) is 0.611. The lowest BCUT2D eigenvalue weighted by atomic mass is 10.6. The summed E-state index contributed by atoms with van der Waals surface area (Å²) < 4.78 is 30.2. The lowest BCUT2D eigenvalue weighted by Crippen LogP contribution is -2.20. The number of halogens is 1. The van der Waals surface area contributed by atoms with E-state index in [-0.39, 0.29) is 23.3 Å². The molecule has 0 aliphatic carbocycles. The van der Waals surface area contributed by atoms with E-state index in [2.05, 4.69) is 14.7 Å². The normalized spacial score (nSPS) is 11.4. The van der Waals surface area contributed by atoms with Crippen LogP contribution in [0.4, 0.5) is 5.82 Å². The van der Waals surface area contributed by atoms with Gasteiger partial charge in [0, 0.05) is 12.7 Å². The van der Waals surface area contributed by atoms with Gasteiger partial charge in [0.25, 0.3) is 0 Å². The second-order valence-corrected chi connectivity index (χ2v) is 5.07. The number of anilines is 1. The maximum Gasteiger partial charge on any atom is 0.236 e. The van der Waals surface area contributed by atoms with Gasteiger partial charge in [-0.3, -0.25) is 4.72 Å². The van der Waals surface area contributed by atoms with Gasteiger partial charge in [-0.1, -0.05) is 11.6 Å². The van der Waals surface area contributed by atoms with E-state index in [0.717, 1.165) is 0 Å². The van der Waals surface area contributed by atoms with Crippen molar-refractivity contribution in [1.82, 2.24) is 9.97 Å². The fraction of sp³-hybridized carbons (Fsp3) is 0.500. The van der Waals surface area contributed by atoms with Gasteiger partial charge in [-0.15, -0.1) is 0 Å². The van der Waals surface area contributed by atoms with Crippen molar-refractivity contribution in [1.29, 1.82) is 0 Å². The van der Waals surface area contributed by atoms with Gasteiger partial charge in [-0.2, -0.15) is 0 Å². The molecule has 0 saturated heterocycles. The van der Waals surface area contributed by atoms with Crippen LogP contribution in [-0.4, -0.2) is 37.4 Å². The molecule has 16 heavy (non-hydrogen) atoms. The number of hydrogen-bond acceptors (Lipinski definition) is 5. The smallest absolute Gasteiger partial charge is 0.236 e. The first-order valence-corrected chi connectivity index (χ1v) is 6.62. The lowest BCUT2D eigenvalue weighted by Gasteiger charge is -2.06. The molecule has 1 aromatic heterocycles. The molecule has 0 saturated carbocycles. The first kappa shape index (κ1) is 13.1. The summed E-state index contributed by atoms with van der Waals surface area (Å²) in [6.07, 6.45) is 1.18. The predicted molar refractivity (Wildman–Crippen MR) is 60.9 cm³/mol. The van der Waals surface area contributed by atoms with Gasteiger partial charge in [0.2, 0.25) is 10.0 Å². The monoisotopic (exact) mass is 265 g/mol. The Balaban J connectivity index is 2.59. The maximum atomic E-state index is 11.5. The third-order valence-electron chi connectivity index (χ3n) is 1.59. The molecular formula is C8H12ClN3O3S. The van der Waals surface area contributed by atoms with E-state index < -0.39 is 10.0 Å². The molecule has 0 radical (unpaired) electrons. The van der Waals surface area contributed by atoms with Crippen LogP contribution in [0.15, 0.2) is 12.4 Å². The molecule has 8 heteroatoms. The van der Waals surface area contributed by atoms with E-state index in [9.17, 15) is 8.42 Å². The largest absolute Gasteiger partial charge is 0.381 e. The molecule has 0 fully saturated rings. The van der Waals surface area contributed by atoms with Crippen molar-refractivity contribution in [3.05, 3.63) is 17.5 Å². The zero-order chi connectivity index (χ0) is 12.0. The molecule has 0 aromatic carbocycles. The summed E-state index contributed by atoms with van der Waals surface area (Å²) in [5, 5.41) is 0.178. The van der Waals surface area contributed by atoms with Crippen LogP contribution in [0.5, 0.6) is 0 Å². The Kier molecular flexibility index (Phi) is 4.91. The second-order valence-electron chi connectivity index (χ2n) is 2.84. The van der Waals surface area contributed by atoms with Gasteiger partial charge in [-0.05, 0) is 6.92 Å². The highest BCUT2D eigenvalue weighted by atomic mass is 35.5. The molecule has 0 spiro atoms. The number of nitrogens with zero attached hydrogens (tertiary/aromatic N) is 2. The minimum atomic E-state index is -3.45. The summed E-state index contributed by atoms with van der Waals surface area (Å²) in [6, 6.07) is 1.33. The fourth-order valence-electron chi connectivity index (χ4n) is 0.913. The molecule has 0 unspecified atom stereocenters. The maximum absolute atomic E-state index is 11.5. The zero-order valence-electron chi connectivity index (χ0n) is 8.68. The second kappa shape index (κ2) is 5.97. The van der Waals surface area contributed by atoms with Crippen molar-refractivity contribution < 1.29 is 13.2 Å². The van der Waals surface area contributed by atoms with Crippen LogP contribution in [-0.2, 0) is 14.8 Å². The number of rotatable bonds is 6. The van der Waals surface area contributed by atoms with Crippen molar-refractivity contribution in [2.75, 3.05) is 23.7 Å². The molecule has 6 nitrogen and oxygen atoms in total. The summed E-state index contributed by atoms with van der Waals surface area (Å²) >= 11 is 5.59. The van der Waals surface area contributed by atoms with Gasteiger partial charge in [-0.25, -0.2) is 18.4 Å². The Morgan fingerprint density at radius 1 is 1.50 bits per heavy atom. The molecule has 1 N–H and O–H groups in total. The van der Waals surface area contributed by atoms with Gasteiger partial charge in [0.05, 0.1) is 12.4 Å². The Labute approximate surface area is 99.1 Å². The molecule has 1 rings (SSSR count). The van der Waals surface area contributed by atoms with Gasteiger partial charge >= 0.3 is 0 Å². The molecule has 0 aliphatic heterocycles. The highest BCUT2D eigenvalue weighted by Gasteiger charge is 2.11. The Morgan fingerprint density at radius 2 is 2.25 bits per heavy atom. The van der Waals surface area contributed by atoms with Crippen molar-refractivity contribution in [2.24, 2.45) is 0 Å². The van der Waals surface area contributed by atoms with E-state index in [1.807, 2.05) is 0 Å². The number of aromatic nitrogens is 2. The molecular weight excluding hydrogens is 254 g/mol. The predicted octanol–water partition coefficient (Wildman–Crippen LogP) is 0.908. The number of hydrogen-bond donors (Lipinski definition) is 1. The highest BCUT2D eigenvalue weighted by Crippen LogP contribution is 2.10. The molecule has 0 bridgehead atoms. The van der Waals surface area contributed by atoms with E-state index in [0.29, 0.717) is 6.61 Å². The van der Waals surface area contributed by atoms with Gasteiger partial charge in [0.1, 0.15) is 17.3 Å². The summed E-state index contributed by atoms with van der Waals surface area (Å²) in [6.45, 7) is 2.42. The van der Waals surface area contributed by atoms with Crippen LogP contribution >= 0.6 is 11.6 Å². The van der Waals surface area contributed by atoms with Crippen molar-refractivity contribution >= 4 is 27.4 Å². The van der Waals surface area contributed by atoms with Gasteiger partial charge < -0.3 is 4.74 Å². The van der Waals surface area contributed by atoms with Crippen molar-refractivity contribution in [3.8, 4) is 0 Å². The molecule has 0 amide bonds. The van der Waals surface area contributed by atoms with E-state index in [1.54, 1.807) is 6.92 Å². The fourth-order valence-corrected chi connectivity index (χ4v) is 1.93. The summed E-state index contributed by atoms with van der Waals surface area (Å²) in [7, 11) is -3.45. The first-order valence-electron chi connectivity index (χ1n) is 4.59. The van der Waals surface area contributed by atoms with E-state index >= 15 is 0 Å². The standard InChI is InChI=1S/C8H12ClN3O3S/c1-2-15-3-4-16(13,14)12-8-5-7(9)10-6-11-8/h5-6H,2-4H2,1H3,(H,10,11,12). The average Bonchev–Trinajstić information content (AvgIpc) is 2.17. The first-order chi connectivity index (χ1) is 7.53. The van der Waals surface area contributed by atoms with Crippen LogP contribution in [0.3, 0.4) is 0 Å². The van der Waals surface area contributed by atoms with Crippen LogP contribution < -0.4 is 4.72 Å². The third-order valence-corrected chi connectivity index (χ3v) is 3.03. The molecule has 90 valence electrons. The van der Waals surface area contributed by atoms with E-state index in [1.165, 1.54) is 12.4 Å². The minimum Gasteiger partial charge on any atom is -0.381 e. The summed E-state index contributed by atoms with van der Waals surface area (Å²) in [5.41, 5.74) is 0. The number of nitrogens with one attached hydrogen (secondary N) is 1. The van der Waals surface area contributed by atoms with Gasteiger partial charge in [0.15, 0.2) is 0 Å². The van der Waals surface area contributed by atoms with Crippen LogP contribution in [0.2, 0.25) is 5.15 Å². The van der Waals surface area contributed by atoms with Crippen molar-refractivity contribution in [3.63, 3.8) is 0 Å².